The second-order valence-corrected chi connectivity index (χ2v) is 4.89. The molecule has 0 unspecified atom stereocenters. The number of carbonyl (C=O) groups is 1. The first-order chi connectivity index (χ1) is 9.19. The van der Waals surface area contributed by atoms with Gasteiger partial charge < -0.3 is 10.6 Å². The number of rotatable bonds is 5. The third-order valence-corrected chi connectivity index (χ3v) is 2.98. The van der Waals surface area contributed by atoms with Gasteiger partial charge in [-0.2, -0.15) is 5.10 Å². The highest BCUT2D eigenvalue weighted by atomic mass is 79.9. The summed E-state index contributed by atoms with van der Waals surface area (Å²) in [5.41, 5.74) is 1.66. The molecule has 0 aliphatic carbocycles. The number of anilines is 2. The molecule has 2 aromatic rings. The fraction of sp³-hybridized carbons (Fsp3) is 0.231. The van der Waals surface area contributed by atoms with E-state index in [-0.39, 0.29) is 12.5 Å². The van der Waals surface area contributed by atoms with E-state index in [1.807, 2.05) is 25.1 Å². The van der Waals surface area contributed by atoms with Gasteiger partial charge in [0.15, 0.2) is 0 Å². The molecule has 5 nitrogen and oxygen atoms in total. The zero-order valence-electron chi connectivity index (χ0n) is 10.6. The van der Waals surface area contributed by atoms with E-state index < -0.39 is 0 Å². The third-order valence-electron chi connectivity index (χ3n) is 2.49. The molecule has 0 spiro atoms. The highest BCUT2D eigenvalue weighted by Crippen LogP contribution is 2.25. The van der Waals surface area contributed by atoms with Crippen LogP contribution in [0.25, 0.3) is 0 Å². The van der Waals surface area contributed by atoms with E-state index >= 15 is 0 Å². The van der Waals surface area contributed by atoms with Gasteiger partial charge in [-0.15, -0.1) is 0 Å². The zero-order valence-corrected chi connectivity index (χ0v) is 12.1. The van der Waals surface area contributed by atoms with Crippen molar-refractivity contribution in [3.05, 3.63) is 41.1 Å². The van der Waals surface area contributed by atoms with E-state index in [1.54, 1.807) is 23.1 Å². The van der Waals surface area contributed by atoms with Crippen molar-refractivity contribution >= 4 is 33.2 Å². The molecule has 0 atom stereocenters. The average molecular weight is 323 g/mol. The Balaban J connectivity index is 2.08. The summed E-state index contributed by atoms with van der Waals surface area (Å²) in [6.07, 6.45) is 3.40. The molecule has 1 heterocycles. The Hall–Kier alpha value is -1.82. The summed E-state index contributed by atoms with van der Waals surface area (Å²) in [6.45, 7) is 3.01. The Morgan fingerprint density at radius 3 is 2.95 bits per heavy atom. The largest absolute Gasteiger partial charge is 0.384 e. The molecule has 100 valence electrons. The van der Waals surface area contributed by atoms with Crippen LogP contribution in [0, 0.1) is 0 Å². The predicted molar refractivity (Wildman–Crippen MR) is 79.2 cm³/mol. The number of benzene rings is 1. The van der Waals surface area contributed by atoms with E-state index in [0.29, 0.717) is 0 Å². The number of hydrogen-bond acceptors (Lipinski definition) is 3. The molecule has 0 saturated carbocycles. The van der Waals surface area contributed by atoms with Crippen LogP contribution in [0.5, 0.6) is 0 Å². The van der Waals surface area contributed by atoms with Crippen LogP contribution < -0.4 is 10.6 Å². The van der Waals surface area contributed by atoms with Crippen LogP contribution in [-0.4, -0.2) is 22.2 Å². The summed E-state index contributed by atoms with van der Waals surface area (Å²) in [4.78, 5) is 11.9. The number of nitrogens with zero attached hydrogens (tertiary/aromatic N) is 2. The van der Waals surface area contributed by atoms with Crippen LogP contribution in [0.1, 0.15) is 6.92 Å². The van der Waals surface area contributed by atoms with Gasteiger partial charge in [-0.3, -0.25) is 9.48 Å². The lowest BCUT2D eigenvalue weighted by molar-refractivity contribution is -0.116. The molecule has 1 aromatic heterocycles. The van der Waals surface area contributed by atoms with E-state index in [4.69, 9.17) is 0 Å². The number of hydrogen-bond donors (Lipinski definition) is 2. The normalized spacial score (nSPS) is 10.2. The molecule has 2 rings (SSSR count). The first-order valence-electron chi connectivity index (χ1n) is 5.99. The maximum Gasteiger partial charge on any atom is 0.246 e. The van der Waals surface area contributed by atoms with Crippen molar-refractivity contribution in [1.82, 2.24) is 9.78 Å². The summed E-state index contributed by atoms with van der Waals surface area (Å²) in [6, 6.07) is 7.52. The van der Waals surface area contributed by atoms with Gasteiger partial charge in [-0.05, 0) is 31.2 Å². The topological polar surface area (TPSA) is 58.9 Å². The second-order valence-electron chi connectivity index (χ2n) is 3.97. The average Bonchev–Trinajstić information content (AvgIpc) is 2.85. The Morgan fingerprint density at radius 2 is 2.26 bits per heavy atom. The van der Waals surface area contributed by atoms with Crippen molar-refractivity contribution in [2.45, 2.75) is 13.5 Å². The molecule has 0 radical (unpaired) electrons. The maximum atomic E-state index is 11.9. The minimum Gasteiger partial charge on any atom is -0.384 e. The smallest absolute Gasteiger partial charge is 0.246 e. The Kier molecular flexibility index (Phi) is 4.57. The molecule has 0 aliphatic rings. The minimum atomic E-state index is -0.110. The van der Waals surface area contributed by atoms with Crippen LogP contribution in [-0.2, 0) is 11.3 Å². The lowest BCUT2D eigenvalue weighted by Gasteiger charge is -2.12. The van der Waals surface area contributed by atoms with Crippen LogP contribution in [0.15, 0.2) is 41.1 Å². The Morgan fingerprint density at radius 1 is 1.42 bits per heavy atom. The molecule has 0 saturated heterocycles. The van der Waals surface area contributed by atoms with Crippen LogP contribution in [0.3, 0.4) is 0 Å². The number of aromatic nitrogens is 2. The maximum absolute atomic E-state index is 11.9. The number of amides is 1. The summed E-state index contributed by atoms with van der Waals surface area (Å²) in [5, 5.41) is 10.1. The van der Waals surface area contributed by atoms with Gasteiger partial charge in [0.2, 0.25) is 5.91 Å². The van der Waals surface area contributed by atoms with Gasteiger partial charge in [0, 0.05) is 23.4 Å². The van der Waals surface area contributed by atoms with Gasteiger partial charge in [0.05, 0.1) is 11.4 Å². The quantitative estimate of drug-likeness (QED) is 0.889. The van der Waals surface area contributed by atoms with Crippen molar-refractivity contribution in [3.63, 3.8) is 0 Å². The van der Waals surface area contributed by atoms with Crippen LogP contribution in [0.2, 0.25) is 0 Å². The molecule has 19 heavy (non-hydrogen) atoms. The Labute approximate surface area is 120 Å². The number of carbonyl (C=O) groups excluding carboxylic acids is 1. The zero-order chi connectivity index (χ0) is 13.7. The van der Waals surface area contributed by atoms with Crippen LogP contribution >= 0.6 is 15.9 Å². The first kappa shape index (κ1) is 13.6. The summed E-state index contributed by atoms with van der Waals surface area (Å²) in [7, 11) is 0. The van der Waals surface area contributed by atoms with Crippen molar-refractivity contribution in [2.24, 2.45) is 0 Å². The molecule has 1 aromatic carbocycles. The fourth-order valence-corrected chi connectivity index (χ4v) is 2.06. The van der Waals surface area contributed by atoms with E-state index in [9.17, 15) is 4.79 Å². The monoisotopic (exact) mass is 322 g/mol. The van der Waals surface area contributed by atoms with Gasteiger partial charge in [-0.1, -0.05) is 15.9 Å². The van der Waals surface area contributed by atoms with Gasteiger partial charge >= 0.3 is 0 Å². The first-order valence-corrected chi connectivity index (χ1v) is 6.79. The van der Waals surface area contributed by atoms with Crippen molar-refractivity contribution < 1.29 is 4.79 Å². The molecule has 1 amide bonds. The summed E-state index contributed by atoms with van der Waals surface area (Å²) in [5.74, 6) is -0.110. The van der Waals surface area contributed by atoms with Crippen molar-refractivity contribution in [3.8, 4) is 0 Å². The number of nitrogens with one attached hydrogen (secondary N) is 2. The van der Waals surface area contributed by atoms with Gasteiger partial charge in [0.25, 0.3) is 0 Å². The standard InChI is InChI=1S/C13H15BrN4O/c1-2-15-11-5-4-10(14)8-12(11)17-13(19)9-18-7-3-6-16-18/h3-8,15H,2,9H2,1H3,(H,17,19). The van der Waals surface area contributed by atoms with E-state index in [0.717, 1.165) is 22.4 Å². The molecule has 6 heteroatoms. The SMILES string of the molecule is CCNc1ccc(Br)cc1NC(=O)Cn1cccn1. The Bertz CT molecular complexity index is 554. The fourth-order valence-electron chi connectivity index (χ4n) is 1.70. The molecule has 0 bridgehead atoms. The third kappa shape index (κ3) is 3.82. The molecule has 0 aliphatic heterocycles. The van der Waals surface area contributed by atoms with Crippen LogP contribution in [0.4, 0.5) is 11.4 Å². The lowest BCUT2D eigenvalue weighted by Crippen LogP contribution is -2.19. The van der Waals surface area contributed by atoms with E-state index in [2.05, 4.69) is 31.7 Å². The highest BCUT2D eigenvalue weighted by molar-refractivity contribution is 9.10. The molecular weight excluding hydrogens is 308 g/mol. The lowest BCUT2D eigenvalue weighted by atomic mass is 10.2. The summed E-state index contributed by atoms with van der Waals surface area (Å²) >= 11 is 3.40. The van der Waals surface area contributed by atoms with E-state index in [1.165, 1.54) is 0 Å². The summed E-state index contributed by atoms with van der Waals surface area (Å²) < 4.78 is 2.50. The minimum absolute atomic E-state index is 0.110. The second kappa shape index (κ2) is 6.38. The van der Waals surface area contributed by atoms with Crippen molar-refractivity contribution in [1.29, 1.82) is 0 Å². The molecular formula is C13H15BrN4O. The molecule has 0 fully saturated rings. The molecule has 2 N–H and O–H groups in total. The van der Waals surface area contributed by atoms with Gasteiger partial charge in [0.1, 0.15) is 6.54 Å². The van der Waals surface area contributed by atoms with Crippen molar-refractivity contribution in [2.75, 3.05) is 17.2 Å². The predicted octanol–water partition coefficient (Wildman–Crippen LogP) is 2.72. The highest BCUT2D eigenvalue weighted by Gasteiger charge is 2.08. The van der Waals surface area contributed by atoms with Gasteiger partial charge in [-0.25, -0.2) is 0 Å². The number of halogens is 1.